The first kappa shape index (κ1) is 18.1. The molecule has 26 heavy (non-hydrogen) atoms. The van der Waals surface area contributed by atoms with Crippen molar-refractivity contribution in [3.05, 3.63) is 70.8 Å². The van der Waals surface area contributed by atoms with Crippen molar-refractivity contribution < 1.29 is 19.6 Å². The zero-order chi connectivity index (χ0) is 18.5. The van der Waals surface area contributed by atoms with Crippen molar-refractivity contribution in [1.29, 1.82) is 0 Å². The molecular weight excluding hydrogens is 334 g/mol. The van der Waals surface area contributed by atoms with Gasteiger partial charge < -0.3 is 0 Å². The van der Waals surface area contributed by atoms with Gasteiger partial charge in [-0.05, 0) is 48.9 Å². The highest BCUT2D eigenvalue weighted by atomic mass is 16.7. The van der Waals surface area contributed by atoms with Crippen LogP contribution in [0, 0.1) is 0 Å². The van der Waals surface area contributed by atoms with E-state index in [-0.39, 0.29) is 17.5 Å². The highest BCUT2D eigenvalue weighted by Gasteiger charge is 2.23. The third-order valence-electron chi connectivity index (χ3n) is 4.57. The highest BCUT2D eigenvalue weighted by molar-refractivity contribution is 5.97. The third kappa shape index (κ3) is 4.08. The summed E-state index contributed by atoms with van der Waals surface area (Å²) in [7, 11) is 2.04. The van der Waals surface area contributed by atoms with Crippen molar-refractivity contribution >= 4 is 11.8 Å². The Kier molecular flexibility index (Phi) is 5.62. The van der Waals surface area contributed by atoms with Crippen molar-refractivity contribution in [2.45, 2.75) is 19.0 Å². The van der Waals surface area contributed by atoms with Gasteiger partial charge in [-0.3, -0.25) is 24.5 Å². The van der Waals surface area contributed by atoms with E-state index in [0.29, 0.717) is 12.2 Å². The number of hydrogen-bond acceptors (Lipinski definition) is 5. The van der Waals surface area contributed by atoms with Gasteiger partial charge in [-0.2, -0.15) is 0 Å². The van der Waals surface area contributed by atoms with E-state index in [1.165, 1.54) is 35.4 Å². The average molecular weight is 355 g/mol. The molecule has 0 saturated carbocycles. The third-order valence-corrected chi connectivity index (χ3v) is 4.57. The molecule has 2 aromatic rings. The number of hydrogen-bond donors (Lipinski definition) is 3. The quantitative estimate of drug-likeness (QED) is 0.559. The standard InChI is InChI=1S/C19H21N3O4/c1-22-11-16-5-3-2-4-15(16)10-17(22)12-26-21-19(24)14-8-6-13(7-9-14)18(23)20-25/h2-9,17,25H,10-12H2,1H3,(H,20,23)(H,21,24). The summed E-state index contributed by atoms with van der Waals surface area (Å²) >= 11 is 0. The van der Waals surface area contributed by atoms with E-state index in [9.17, 15) is 9.59 Å². The zero-order valence-corrected chi connectivity index (χ0v) is 14.4. The number of nitrogens with zero attached hydrogens (tertiary/aromatic N) is 1. The molecule has 0 saturated heterocycles. The van der Waals surface area contributed by atoms with Gasteiger partial charge in [0.15, 0.2) is 0 Å². The molecule has 7 nitrogen and oxygen atoms in total. The van der Waals surface area contributed by atoms with Crippen LogP contribution in [0.25, 0.3) is 0 Å². The van der Waals surface area contributed by atoms with E-state index < -0.39 is 5.91 Å². The molecule has 1 heterocycles. The second-order valence-electron chi connectivity index (χ2n) is 6.30. The molecule has 0 spiro atoms. The van der Waals surface area contributed by atoms with Crippen LogP contribution in [0.1, 0.15) is 31.8 Å². The van der Waals surface area contributed by atoms with E-state index in [2.05, 4.69) is 22.5 Å². The second-order valence-corrected chi connectivity index (χ2v) is 6.30. The van der Waals surface area contributed by atoms with Crippen LogP contribution in [0.15, 0.2) is 48.5 Å². The molecule has 1 aliphatic rings. The lowest BCUT2D eigenvalue weighted by atomic mass is 9.95. The minimum atomic E-state index is -0.631. The van der Waals surface area contributed by atoms with Gasteiger partial charge in [-0.15, -0.1) is 0 Å². The summed E-state index contributed by atoms with van der Waals surface area (Å²) < 4.78 is 0. The normalized spacial score (nSPS) is 16.6. The maximum absolute atomic E-state index is 12.1. The number of carbonyl (C=O) groups excluding carboxylic acids is 2. The van der Waals surface area contributed by atoms with E-state index in [0.717, 1.165) is 13.0 Å². The van der Waals surface area contributed by atoms with E-state index >= 15 is 0 Å². The van der Waals surface area contributed by atoms with Crippen molar-refractivity contribution in [1.82, 2.24) is 15.9 Å². The number of carbonyl (C=O) groups is 2. The Morgan fingerprint density at radius 3 is 2.35 bits per heavy atom. The molecular formula is C19H21N3O4. The minimum absolute atomic E-state index is 0.181. The van der Waals surface area contributed by atoms with Gasteiger partial charge in [0, 0.05) is 23.7 Å². The number of rotatable bonds is 5. The van der Waals surface area contributed by atoms with Gasteiger partial charge in [-0.25, -0.2) is 11.0 Å². The SMILES string of the molecule is CN1Cc2ccccc2CC1CONC(=O)c1ccc(C(=O)NO)cc1. The Hall–Kier alpha value is -2.74. The number of hydroxylamine groups is 2. The molecule has 0 radical (unpaired) electrons. The van der Waals surface area contributed by atoms with Crippen LogP contribution in [0.2, 0.25) is 0 Å². The number of nitrogens with one attached hydrogen (secondary N) is 2. The fourth-order valence-corrected chi connectivity index (χ4v) is 3.00. The predicted octanol–water partition coefficient (Wildman–Crippen LogP) is 1.52. The van der Waals surface area contributed by atoms with Gasteiger partial charge in [0.05, 0.1) is 6.61 Å². The molecule has 0 fully saturated rings. The fraction of sp³-hybridized carbons (Fsp3) is 0.263. The minimum Gasteiger partial charge on any atom is -0.296 e. The summed E-state index contributed by atoms with van der Waals surface area (Å²) in [6, 6.07) is 14.4. The molecule has 1 unspecified atom stereocenters. The topological polar surface area (TPSA) is 90.9 Å². The Morgan fingerprint density at radius 1 is 1.08 bits per heavy atom. The fourth-order valence-electron chi connectivity index (χ4n) is 3.00. The molecule has 3 rings (SSSR count). The van der Waals surface area contributed by atoms with Crippen LogP contribution in [-0.2, 0) is 17.8 Å². The molecule has 1 aliphatic heterocycles. The molecule has 136 valence electrons. The number of benzene rings is 2. The molecule has 0 aliphatic carbocycles. The first-order valence-corrected chi connectivity index (χ1v) is 8.32. The summed E-state index contributed by atoms with van der Waals surface area (Å²) in [5.41, 5.74) is 7.23. The lowest BCUT2D eigenvalue weighted by Crippen LogP contribution is -2.42. The maximum Gasteiger partial charge on any atom is 0.274 e. The van der Waals surface area contributed by atoms with E-state index in [1.54, 1.807) is 5.48 Å². The highest BCUT2D eigenvalue weighted by Crippen LogP contribution is 2.21. The van der Waals surface area contributed by atoms with Crippen LogP contribution in [0.4, 0.5) is 0 Å². The Balaban J connectivity index is 1.52. The first-order valence-electron chi connectivity index (χ1n) is 8.32. The smallest absolute Gasteiger partial charge is 0.274 e. The van der Waals surface area contributed by atoms with Crippen molar-refractivity contribution in [2.24, 2.45) is 0 Å². The maximum atomic E-state index is 12.1. The van der Waals surface area contributed by atoms with Gasteiger partial charge in [0.25, 0.3) is 11.8 Å². The summed E-state index contributed by atoms with van der Waals surface area (Å²) in [5.74, 6) is -1.02. The van der Waals surface area contributed by atoms with Crippen molar-refractivity contribution in [2.75, 3.05) is 13.7 Å². The Bertz CT molecular complexity index is 792. The average Bonchev–Trinajstić information content (AvgIpc) is 2.67. The van der Waals surface area contributed by atoms with Crippen molar-refractivity contribution in [3.63, 3.8) is 0 Å². The van der Waals surface area contributed by atoms with E-state index in [1.807, 2.05) is 19.2 Å². The largest absolute Gasteiger partial charge is 0.296 e. The lowest BCUT2D eigenvalue weighted by Gasteiger charge is -2.33. The number of fused-ring (bicyclic) bond motifs is 1. The summed E-state index contributed by atoms with van der Waals surface area (Å²) in [6.07, 6.45) is 0.869. The van der Waals surface area contributed by atoms with Crippen LogP contribution in [0.5, 0.6) is 0 Å². The van der Waals surface area contributed by atoms with Crippen LogP contribution < -0.4 is 11.0 Å². The molecule has 2 aromatic carbocycles. The first-order chi connectivity index (χ1) is 12.6. The van der Waals surface area contributed by atoms with Crippen molar-refractivity contribution in [3.8, 4) is 0 Å². The molecule has 2 amide bonds. The molecule has 0 aromatic heterocycles. The monoisotopic (exact) mass is 355 g/mol. The summed E-state index contributed by atoms with van der Waals surface area (Å²) in [6.45, 7) is 1.23. The van der Waals surface area contributed by atoms with Crippen LogP contribution >= 0.6 is 0 Å². The van der Waals surface area contributed by atoms with Gasteiger partial charge >= 0.3 is 0 Å². The van der Waals surface area contributed by atoms with Crippen LogP contribution in [-0.4, -0.2) is 41.6 Å². The lowest BCUT2D eigenvalue weighted by molar-refractivity contribution is 0.00232. The molecule has 1 atom stereocenters. The van der Waals surface area contributed by atoms with Crippen LogP contribution in [0.3, 0.4) is 0 Å². The molecule has 7 heteroatoms. The van der Waals surface area contributed by atoms with Gasteiger partial charge in [0.1, 0.15) is 0 Å². The van der Waals surface area contributed by atoms with Gasteiger partial charge in [0.2, 0.25) is 0 Å². The number of amides is 2. The summed E-state index contributed by atoms with van der Waals surface area (Å²) in [5, 5.41) is 8.59. The Morgan fingerprint density at radius 2 is 1.69 bits per heavy atom. The summed E-state index contributed by atoms with van der Waals surface area (Å²) in [4.78, 5) is 31.0. The van der Waals surface area contributed by atoms with E-state index in [4.69, 9.17) is 10.0 Å². The number of likely N-dealkylation sites (N-methyl/N-ethyl adjacent to an activating group) is 1. The van der Waals surface area contributed by atoms with Gasteiger partial charge in [-0.1, -0.05) is 24.3 Å². The predicted molar refractivity (Wildman–Crippen MR) is 94.5 cm³/mol. The molecule has 0 bridgehead atoms. The zero-order valence-electron chi connectivity index (χ0n) is 14.4. The second kappa shape index (κ2) is 8.09. The Labute approximate surface area is 151 Å². The molecule has 3 N–H and O–H groups in total.